The molecule has 3 rings (SSSR count). The Hall–Kier alpha value is -2.85. The third kappa shape index (κ3) is 3.73. The van der Waals surface area contributed by atoms with E-state index < -0.39 is 0 Å². The summed E-state index contributed by atoms with van der Waals surface area (Å²) in [6.07, 6.45) is 3.60. The van der Waals surface area contributed by atoms with E-state index in [1.807, 2.05) is 30.3 Å². The van der Waals surface area contributed by atoms with Crippen LogP contribution in [0.3, 0.4) is 0 Å². The van der Waals surface area contributed by atoms with Crippen molar-refractivity contribution in [3.8, 4) is 16.9 Å². The predicted octanol–water partition coefficient (Wildman–Crippen LogP) is 3.86. The number of anilines is 1. The molecule has 0 fully saturated rings. The summed E-state index contributed by atoms with van der Waals surface area (Å²) in [5, 5.41) is 12.8. The van der Waals surface area contributed by atoms with Crippen molar-refractivity contribution in [1.82, 2.24) is 4.98 Å². The molecule has 0 unspecified atom stereocenters. The zero-order chi connectivity index (χ0) is 16.8. The van der Waals surface area contributed by atoms with Crippen LogP contribution in [0.25, 0.3) is 11.1 Å². The molecule has 0 atom stereocenters. The van der Waals surface area contributed by atoms with Crippen LogP contribution < -0.4 is 10.1 Å². The molecule has 0 aliphatic rings. The Bertz CT molecular complexity index is 804. The van der Waals surface area contributed by atoms with Crippen molar-refractivity contribution >= 4 is 5.69 Å². The lowest BCUT2D eigenvalue weighted by molar-refractivity contribution is 0.274. The number of hydrogen-bond acceptors (Lipinski definition) is 4. The molecule has 1 heterocycles. The number of aromatic nitrogens is 1. The van der Waals surface area contributed by atoms with E-state index in [1.165, 1.54) is 11.1 Å². The quantitative estimate of drug-likeness (QED) is 0.724. The second kappa shape index (κ2) is 7.62. The monoisotopic (exact) mass is 320 g/mol. The van der Waals surface area contributed by atoms with Crippen molar-refractivity contribution in [3.63, 3.8) is 0 Å². The van der Waals surface area contributed by atoms with Gasteiger partial charge in [-0.05, 0) is 53.1 Å². The van der Waals surface area contributed by atoms with Gasteiger partial charge in [-0.1, -0.05) is 18.2 Å². The maximum absolute atomic E-state index is 9.41. The molecule has 2 N–H and O–H groups in total. The third-order valence-electron chi connectivity index (χ3n) is 3.89. The largest absolute Gasteiger partial charge is 0.496 e. The van der Waals surface area contributed by atoms with Gasteiger partial charge < -0.3 is 15.2 Å². The van der Waals surface area contributed by atoms with Crippen LogP contribution in [-0.4, -0.2) is 17.2 Å². The second-order valence-electron chi connectivity index (χ2n) is 5.47. The number of methoxy groups -OCH3 is 1. The van der Waals surface area contributed by atoms with E-state index in [-0.39, 0.29) is 6.61 Å². The van der Waals surface area contributed by atoms with E-state index in [0.717, 1.165) is 16.8 Å². The minimum Gasteiger partial charge on any atom is -0.496 e. The van der Waals surface area contributed by atoms with Gasteiger partial charge >= 0.3 is 0 Å². The summed E-state index contributed by atoms with van der Waals surface area (Å²) >= 11 is 0. The Morgan fingerprint density at radius 2 is 1.83 bits per heavy atom. The number of rotatable bonds is 6. The molecule has 2 aromatic carbocycles. The Balaban J connectivity index is 1.73. The lowest BCUT2D eigenvalue weighted by Crippen LogP contribution is -2.01. The van der Waals surface area contributed by atoms with Crippen molar-refractivity contribution in [2.24, 2.45) is 0 Å². The maximum atomic E-state index is 9.41. The molecule has 0 spiro atoms. The summed E-state index contributed by atoms with van der Waals surface area (Å²) in [5.74, 6) is 0.697. The van der Waals surface area contributed by atoms with Gasteiger partial charge in [-0.2, -0.15) is 0 Å². The zero-order valence-electron chi connectivity index (χ0n) is 13.6. The van der Waals surface area contributed by atoms with Gasteiger partial charge in [0, 0.05) is 30.2 Å². The molecular formula is C20H20N2O2. The molecule has 0 radical (unpaired) electrons. The first-order valence-corrected chi connectivity index (χ1v) is 7.81. The van der Waals surface area contributed by atoms with Crippen molar-refractivity contribution < 1.29 is 9.84 Å². The van der Waals surface area contributed by atoms with Gasteiger partial charge in [-0.15, -0.1) is 0 Å². The average Bonchev–Trinajstić information content (AvgIpc) is 2.67. The summed E-state index contributed by atoms with van der Waals surface area (Å²) < 4.78 is 5.23. The van der Waals surface area contributed by atoms with E-state index in [4.69, 9.17) is 4.74 Å². The van der Waals surface area contributed by atoms with Gasteiger partial charge in [-0.25, -0.2) is 0 Å². The van der Waals surface area contributed by atoms with Crippen molar-refractivity contribution in [3.05, 3.63) is 78.1 Å². The standard InChI is InChI=1S/C20H20N2O2/c1-24-20-6-5-19(12-18(20)14-23)22-13-15-3-2-4-17(11-15)16-7-9-21-10-8-16/h2-12,22-23H,13-14H2,1H3. The molecule has 1 aromatic heterocycles. The number of aliphatic hydroxyl groups is 1. The first-order chi connectivity index (χ1) is 11.8. The van der Waals surface area contributed by atoms with E-state index in [9.17, 15) is 5.11 Å². The Labute approximate surface area is 141 Å². The van der Waals surface area contributed by atoms with Crippen LogP contribution in [0.4, 0.5) is 5.69 Å². The molecule has 0 bridgehead atoms. The summed E-state index contributed by atoms with van der Waals surface area (Å²) in [4.78, 5) is 4.06. The van der Waals surface area contributed by atoms with Crippen LogP contribution >= 0.6 is 0 Å². The lowest BCUT2D eigenvalue weighted by Gasteiger charge is -2.11. The van der Waals surface area contributed by atoms with Crippen LogP contribution in [-0.2, 0) is 13.2 Å². The average molecular weight is 320 g/mol. The highest BCUT2D eigenvalue weighted by Crippen LogP contribution is 2.24. The smallest absolute Gasteiger partial charge is 0.124 e. The fourth-order valence-electron chi connectivity index (χ4n) is 2.62. The summed E-state index contributed by atoms with van der Waals surface area (Å²) in [6, 6.07) is 18.1. The minimum absolute atomic E-state index is 0.0454. The number of nitrogens with one attached hydrogen (secondary N) is 1. The molecule has 122 valence electrons. The van der Waals surface area contributed by atoms with Gasteiger partial charge in [0.05, 0.1) is 13.7 Å². The topological polar surface area (TPSA) is 54.4 Å². The molecule has 0 aliphatic carbocycles. The van der Waals surface area contributed by atoms with E-state index in [2.05, 4.69) is 34.6 Å². The first-order valence-electron chi connectivity index (χ1n) is 7.81. The zero-order valence-corrected chi connectivity index (χ0v) is 13.6. The van der Waals surface area contributed by atoms with Crippen LogP contribution in [0.15, 0.2) is 67.0 Å². The predicted molar refractivity (Wildman–Crippen MR) is 95.9 cm³/mol. The highest BCUT2D eigenvalue weighted by Gasteiger charge is 2.04. The van der Waals surface area contributed by atoms with Crippen LogP contribution in [0, 0.1) is 0 Å². The normalized spacial score (nSPS) is 10.4. The second-order valence-corrected chi connectivity index (χ2v) is 5.47. The molecule has 24 heavy (non-hydrogen) atoms. The summed E-state index contributed by atoms with van der Waals surface area (Å²) in [5.41, 5.74) is 5.23. The Kier molecular flexibility index (Phi) is 5.08. The molecule has 0 saturated heterocycles. The molecule has 0 saturated carbocycles. The minimum atomic E-state index is -0.0454. The van der Waals surface area contributed by atoms with Crippen molar-refractivity contribution in [1.29, 1.82) is 0 Å². The number of aliphatic hydroxyl groups excluding tert-OH is 1. The maximum Gasteiger partial charge on any atom is 0.124 e. The van der Waals surface area contributed by atoms with Gasteiger partial charge in [0.2, 0.25) is 0 Å². The molecule has 0 aliphatic heterocycles. The SMILES string of the molecule is COc1ccc(NCc2cccc(-c3ccncc3)c2)cc1CO. The van der Waals surface area contributed by atoms with Gasteiger partial charge in [0.1, 0.15) is 5.75 Å². The molecule has 0 amide bonds. The van der Waals surface area contributed by atoms with Gasteiger partial charge in [-0.3, -0.25) is 4.98 Å². The third-order valence-corrected chi connectivity index (χ3v) is 3.89. The summed E-state index contributed by atoms with van der Waals surface area (Å²) in [7, 11) is 1.60. The van der Waals surface area contributed by atoms with E-state index in [1.54, 1.807) is 19.5 Å². The number of pyridine rings is 1. The highest BCUT2D eigenvalue weighted by molar-refractivity contribution is 5.63. The summed E-state index contributed by atoms with van der Waals surface area (Å²) in [6.45, 7) is 0.659. The molecule has 4 heteroatoms. The van der Waals surface area contributed by atoms with Crippen LogP contribution in [0.2, 0.25) is 0 Å². The van der Waals surface area contributed by atoms with Crippen molar-refractivity contribution in [2.45, 2.75) is 13.2 Å². The van der Waals surface area contributed by atoms with Gasteiger partial charge in [0.25, 0.3) is 0 Å². The molecule has 4 nitrogen and oxygen atoms in total. The number of ether oxygens (including phenoxy) is 1. The Morgan fingerprint density at radius 3 is 2.58 bits per heavy atom. The fraction of sp³-hybridized carbons (Fsp3) is 0.150. The van der Waals surface area contributed by atoms with Crippen molar-refractivity contribution in [2.75, 3.05) is 12.4 Å². The highest BCUT2D eigenvalue weighted by atomic mass is 16.5. The van der Waals surface area contributed by atoms with E-state index >= 15 is 0 Å². The number of hydrogen-bond donors (Lipinski definition) is 2. The van der Waals surface area contributed by atoms with Crippen LogP contribution in [0.5, 0.6) is 5.75 Å². The lowest BCUT2D eigenvalue weighted by atomic mass is 10.0. The van der Waals surface area contributed by atoms with Crippen LogP contribution in [0.1, 0.15) is 11.1 Å². The number of nitrogens with zero attached hydrogens (tertiary/aromatic N) is 1. The molecule has 3 aromatic rings. The van der Waals surface area contributed by atoms with E-state index in [0.29, 0.717) is 12.3 Å². The van der Waals surface area contributed by atoms with Gasteiger partial charge in [0.15, 0.2) is 0 Å². The first kappa shape index (κ1) is 16.0. The number of benzene rings is 2. The fourth-order valence-corrected chi connectivity index (χ4v) is 2.62. The molecular weight excluding hydrogens is 300 g/mol. The Morgan fingerprint density at radius 1 is 1.00 bits per heavy atom.